The second-order valence-corrected chi connectivity index (χ2v) is 7.16. The molecule has 0 unspecified atom stereocenters. The Morgan fingerprint density at radius 2 is 1.44 bits per heavy atom. The number of carbonyl (C=O) groups excluding carboxylic acids is 2. The molecule has 2 amide bonds. The van der Waals surface area contributed by atoms with Gasteiger partial charge in [0.15, 0.2) is 6.61 Å². The average molecular weight is 368 g/mol. The lowest BCUT2D eigenvalue weighted by atomic mass is 9.92. The molecule has 0 aliphatic rings. The molecule has 0 atom stereocenters. The number of para-hydroxylation sites is 1. The van der Waals surface area contributed by atoms with Crippen molar-refractivity contribution in [2.75, 3.05) is 17.2 Å². The maximum Gasteiger partial charge on any atom is 0.262 e. The van der Waals surface area contributed by atoms with Crippen molar-refractivity contribution in [2.24, 2.45) is 0 Å². The van der Waals surface area contributed by atoms with E-state index in [1.54, 1.807) is 24.3 Å². The highest BCUT2D eigenvalue weighted by Gasteiger charge is 2.16. The second-order valence-electron chi connectivity index (χ2n) is 7.16. The molecule has 2 aromatic carbocycles. The average Bonchev–Trinajstić information content (AvgIpc) is 2.60. The molecule has 144 valence electrons. The number of amides is 2. The third kappa shape index (κ3) is 5.84. The van der Waals surface area contributed by atoms with Crippen molar-refractivity contribution in [3.8, 4) is 5.75 Å². The monoisotopic (exact) mass is 368 g/mol. The minimum atomic E-state index is -0.198. The van der Waals surface area contributed by atoms with Crippen LogP contribution in [0.1, 0.15) is 57.6 Å². The van der Waals surface area contributed by atoms with Crippen LogP contribution in [0, 0.1) is 0 Å². The van der Waals surface area contributed by atoms with Gasteiger partial charge in [-0.3, -0.25) is 9.59 Å². The minimum Gasteiger partial charge on any atom is -0.484 e. The normalized spacial score (nSPS) is 10.8. The summed E-state index contributed by atoms with van der Waals surface area (Å²) in [7, 11) is 0. The number of rotatable bonds is 7. The summed E-state index contributed by atoms with van der Waals surface area (Å²) in [5.74, 6) is 0.853. The van der Waals surface area contributed by atoms with Gasteiger partial charge in [0, 0.05) is 18.3 Å². The fraction of sp³-hybridized carbons (Fsp3) is 0.364. The van der Waals surface area contributed by atoms with Crippen LogP contribution in [-0.2, 0) is 9.59 Å². The molecule has 0 radical (unpaired) electrons. The van der Waals surface area contributed by atoms with E-state index >= 15 is 0 Å². The second kappa shape index (κ2) is 9.21. The third-order valence-electron chi connectivity index (χ3n) is 4.18. The van der Waals surface area contributed by atoms with E-state index in [-0.39, 0.29) is 18.4 Å². The molecule has 2 aromatic rings. The van der Waals surface area contributed by atoms with E-state index in [1.807, 2.05) is 18.2 Å². The van der Waals surface area contributed by atoms with Crippen molar-refractivity contribution in [3.05, 3.63) is 53.6 Å². The lowest BCUT2D eigenvalue weighted by Crippen LogP contribution is -2.22. The number of ether oxygens (including phenoxy) is 1. The van der Waals surface area contributed by atoms with Crippen molar-refractivity contribution in [3.63, 3.8) is 0 Å². The van der Waals surface area contributed by atoms with Gasteiger partial charge in [-0.05, 0) is 47.2 Å². The van der Waals surface area contributed by atoms with Crippen LogP contribution >= 0.6 is 0 Å². The lowest BCUT2D eigenvalue weighted by Gasteiger charge is -2.20. The predicted molar refractivity (Wildman–Crippen MR) is 109 cm³/mol. The predicted octanol–water partition coefficient (Wildman–Crippen LogP) is 4.91. The molecule has 0 fully saturated rings. The molecule has 2 rings (SSSR count). The summed E-state index contributed by atoms with van der Waals surface area (Å²) >= 11 is 0. The molecule has 0 bridgehead atoms. The smallest absolute Gasteiger partial charge is 0.262 e. The summed E-state index contributed by atoms with van der Waals surface area (Å²) < 4.78 is 5.58. The van der Waals surface area contributed by atoms with Gasteiger partial charge >= 0.3 is 0 Å². The Morgan fingerprint density at radius 1 is 0.889 bits per heavy atom. The molecular formula is C22H28N2O3. The largest absolute Gasteiger partial charge is 0.484 e. The highest BCUT2D eigenvalue weighted by Crippen LogP contribution is 2.32. The van der Waals surface area contributed by atoms with Crippen LogP contribution in [0.4, 0.5) is 11.4 Å². The molecule has 0 spiro atoms. The summed E-state index contributed by atoms with van der Waals surface area (Å²) in [6, 6.07) is 13.1. The molecule has 0 aromatic heterocycles. The van der Waals surface area contributed by atoms with Gasteiger partial charge in [0.2, 0.25) is 5.91 Å². The molecule has 0 aliphatic carbocycles. The van der Waals surface area contributed by atoms with Gasteiger partial charge < -0.3 is 15.4 Å². The number of anilines is 2. The van der Waals surface area contributed by atoms with E-state index < -0.39 is 0 Å². The van der Waals surface area contributed by atoms with E-state index in [4.69, 9.17) is 4.74 Å². The zero-order valence-corrected chi connectivity index (χ0v) is 16.6. The quantitative estimate of drug-likeness (QED) is 0.730. The fourth-order valence-electron chi connectivity index (χ4n) is 2.86. The van der Waals surface area contributed by atoms with E-state index in [0.29, 0.717) is 23.3 Å². The first-order chi connectivity index (χ1) is 12.8. The summed E-state index contributed by atoms with van der Waals surface area (Å²) in [5, 5.41) is 5.72. The summed E-state index contributed by atoms with van der Waals surface area (Å²) in [6.07, 6.45) is 0. The van der Waals surface area contributed by atoms with Crippen LogP contribution in [0.5, 0.6) is 5.75 Å². The molecule has 0 saturated heterocycles. The summed E-state index contributed by atoms with van der Waals surface area (Å²) in [4.78, 5) is 23.5. The van der Waals surface area contributed by atoms with Crippen LogP contribution in [-0.4, -0.2) is 18.4 Å². The molecule has 5 nitrogen and oxygen atoms in total. The number of hydrogen-bond donors (Lipinski definition) is 2. The van der Waals surface area contributed by atoms with Gasteiger partial charge in [-0.1, -0.05) is 45.9 Å². The molecule has 0 heterocycles. The SMILES string of the molecule is CC(=O)Nc1ccc(OCC(=O)Nc2c(C(C)C)cccc2C(C)C)cc1. The Labute approximate surface area is 161 Å². The Balaban J connectivity index is 2.04. The van der Waals surface area contributed by atoms with Gasteiger partial charge in [-0.2, -0.15) is 0 Å². The first-order valence-electron chi connectivity index (χ1n) is 9.21. The number of benzene rings is 2. The molecule has 27 heavy (non-hydrogen) atoms. The first kappa shape index (κ1) is 20.5. The van der Waals surface area contributed by atoms with Crippen LogP contribution in [0.25, 0.3) is 0 Å². The van der Waals surface area contributed by atoms with Gasteiger partial charge in [0.25, 0.3) is 5.91 Å². The Hall–Kier alpha value is -2.82. The first-order valence-corrected chi connectivity index (χ1v) is 9.21. The topological polar surface area (TPSA) is 67.4 Å². The lowest BCUT2D eigenvalue weighted by molar-refractivity contribution is -0.118. The highest BCUT2D eigenvalue weighted by atomic mass is 16.5. The van der Waals surface area contributed by atoms with Crippen molar-refractivity contribution in [1.82, 2.24) is 0 Å². The van der Waals surface area contributed by atoms with Gasteiger partial charge in [0.1, 0.15) is 5.75 Å². The van der Waals surface area contributed by atoms with E-state index in [0.717, 1.165) is 16.8 Å². The van der Waals surface area contributed by atoms with Gasteiger partial charge in [-0.25, -0.2) is 0 Å². The van der Waals surface area contributed by atoms with E-state index in [2.05, 4.69) is 38.3 Å². The number of nitrogens with one attached hydrogen (secondary N) is 2. The standard InChI is InChI=1S/C22H28N2O3/c1-14(2)19-7-6-8-20(15(3)4)22(19)24-21(26)13-27-18-11-9-17(10-12-18)23-16(5)25/h6-12,14-15H,13H2,1-5H3,(H,23,25)(H,24,26). The van der Waals surface area contributed by atoms with Crippen molar-refractivity contribution in [2.45, 2.75) is 46.5 Å². The van der Waals surface area contributed by atoms with Crippen LogP contribution in [0.3, 0.4) is 0 Å². The molecule has 5 heteroatoms. The molecular weight excluding hydrogens is 340 g/mol. The highest BCUT2D eigenvalue weighted by molar-refractivity contribution is 5.93. The molecule has 0 aliphatic heterocycles. The van der Waals surface area contributed by atoms with Crippen molar-refractivity contribution in [1.29, 1.82) is 0 Å². The minimum absolute atomic E-state index is 0.0799. The molecule has 2 N–H and O–H groups in total. The van der Waals surface area contributed by atoms with Crippen LogP contribution in [0.15, 0.2) is 42.5 Å². The Bertz CT molecular complexity index is 769. The number of carbonyl (C=O) groups is 2. The molecule has 0 saturated carbocycles. The summed E-state index contributed by atoms with van der Waals surface area (Å²) in [5.41, 5.74) is 3.81. The zero-order valence-electron chi connectivity index (χ0n) is 16.6. The van der Waals surface area contributed by atoms with Crippen LogP contribution < -0.4 is 15.4 Å². The van der Waals surface area contributed by atoms with Gasteiger partial charge in [-0.15, -0.1) is 0 Å². The Morgan fingerprint density at radius 3 is 1.93 bits per heavy atom. The van der Waals surface area contributed by atoms with Gasteiger partial charge in [0.05, 0.1) is 0 Å². The number of hydrogen-bond acceptors (Lipinski definition) is 3. The maximum atomic E-state index is 12.5. The van der Waals surface area contributed by atoms with Crippen LogP contribution in [0.2, 0.25) is 0 Å². The van der Waals surface area contributed by atoms with E-state index in [9.17, 15) is 9.59 Å². The van der Waals surface area contributed by atoms with E-state index in [1.165, 1.54) is 6.92 Å². The van der Waals surface area contributed by atoms with Crippen molar-refractivity contribution >= 4 is 23.2 Å². The third-order valence-corrected chi connectivity index (χ3v) is 4.18. The fourth-order valence-corrected chi connectivity index (χ4v) is 2.86. The van der Waals surface area contributed by atoms with Crippen molar-refractivity contribution < 1.29 is 14.3 Å². The summed E-state index contributed by atoms with van der Waals surface area (Å²) in [6.45, 7) is 9.83. The Kier molecular flexibility index (Phi) is 6.99. The maximum absolute atomic E-state index is 12.5. The zero-order chi connectivity index (χ0) is 20.0.